The number of hydrogen-bond acceptors (Lipinski definition) is 4. The Morgan fingerprint density at radius 2 is 1.81 bits per heavy atom. The molecule has 32 heavy (non-hydrogen) atoms. The van der Waals surface area contributed by atoms with Crippen molar-refractivity contribution >= 4 is 86.7 Å². The zero-order chi connectivity index (χ0) is 23.3. The molecule has 0 bridgehead atoms. The fourth-order valence-electron chi connectivity index (χ4n) is 2.98. The average molecular weight is 526 g/mol. The summed E-state index contributed by atoms with van der Waals surface area (Å²) in [5.74, 6) is -0.387. The summed E-state index contributed by atoms with van der Waals surface area (Å²) < 4.78 is 0.488. The fraction of sp³-hybridized carbons (Fsp3) is 0.174. The average Bonchev–Trinajstić information content (AvgIpc) is 3.00. The van der Waals surface area contributed by atoms with Crippen LogP contribution in [0.2, 0.25) is 15.1 Å². The summed E-state index contributed by atoms with van der Waals surface area (Å²) in [6.07, 6.45) is 4.49. The first-order valence-electron chi connectivity index (χ1n) is 9.67. The number of halogens is 3. The van der Waals surface area contributed by atoms with Gasteiger partial charge in [-0.05, 0) is 42.7 Å². The van der Waals surface area contributed by atoms with Gasteiger partial charge in [0.05, 0.1) is 25.7 Å². The minimum absolute atomic E-state index is 0.145. The quantitative estimate of drug-likeness (QED) is 0.236. The van der Waals surface area contributed by atoms with E-state index >= 15 is 0 Å². The molecule has 0 spiro atoms. The van der Waals surface area contributed by atoms with Crippen molar-refractivity contribution in [2.75, 3.05) is 11.9 Å². The third-order valence-electron chi connectivity index (χ3n) is 4.50. The van der Waals surface area contributed by atoms with E-state index in [2.05, 4.69) is 5.32 Å². The highest BCUT2D eigenvalue weighted by Gasteiger charge is 2.31. The number of amides is 2. The highest BCUT2D eigenvalue weighted by Crippen LogP contribution is 2.33. The third-order valence-corrected chi connectivity index (χ3v) is 6.91. The predicted molar refractivity (Wildman–Crippen MR) is 139 cm³/mol. The van der Waals surface area contributed by atoms with Gasteiger partial charge in [-0.25, -0.2) is 0 Å². The Hall–Kier alpha value is -1.83. The predicted octanol–water partition coefficient (Wildman–Crippen LogP) is 7.21. The molecule has 1 fully saturated rings. The zero-order valence-electron chi connectivity index (χ0n) is 17.0. The van der Waals surface area contributed by atoms with Crippen molar-refractivity contribution in [1.82, 2.24) is 4.90 Å². The molecule has 1 N–H and O–H groups in total. The summed E-state index contributed by atoms with van der Waals surface area (Å²) in [5, 5.41) is 3.62. The fourth-order valence-corrected chi connectivity index (χ4v) is 4.93. The molecule has 166 valence electrons. The minimum atomic E-state index is -0.243. The second-order valence-electron chi connectivity index (χ2n) is 7.03. The van der Waals surface area contributed by atoms with Crippen LogP contribution in [0.1, 0.15) is 25.3 Å². The van der Waals surface area contributed by atoms with Gasteiger partial charge in [0.25, 0.3) is 5.91 Å². The normalized spacial score (nSPS) is 15.6. The van der Waals surface area contributed by atoms with Crippen LogP contribution in [0, 0.1) is 0 Å². The van der Waals surface area contributed by atoms with Gasteiger partial charge in [0.15, 0.2) is 0 Å². The maximum absolute atomic E-state index is 12.8. The van der Waals surface area contributed by atoms with Crippen LogP contribution in [0.15, 0.2) is 59.0 Å². The molecule has 0 radical (unpaired) electrons. The monoisotopic (exact) mass is 524 g/mol. The van der Waals surface area contributed by atoms with Gasteiger partial charge in [-0.15, -0.1) is 0 Å². The van der Waals surface area contributed by atoms with E-state index in [1.807, 2.05) is 49.4 Å². The molecule has 2 aromatic rings. The maximum Gasteiger partial charge on any atom is 0.266 e. The molecule has 9 heteroatoms. The van der Waals surface area contributed by atoms with E-state index in [0.29, 0.717) is 42.9 Å². The number of rotatable bonds is 7. The second-order valence-corrected chi connectivity index (χ2v) is 9.93. The van der Waals surface area contributed by atoms with E-state index in [-0.39, 0.29) is 18.2 Å². The van der Waals surface area contributed by atoms with Gasteiger partial charge >= 0.3 is 0 Å². The summed E-state index contributed by atoms with van der Waals surface area (Å²) in [4.78, 5) is 27.1. The molecular formula is C23H19Cl3N2O2S2. The van der Waals surface area contributed by atoms with Crippen LogP contribution >= 0.6 is 58.8 Å². The minimum Gasteiger partial charge on any atom is -0.325 e. The molecule has 3 rings (SSSR count). The molecule has 1 aliphatic rings. The van der Waals surface area contributed by atoms with Crippen LogP contribution < -0.4 is 5.32 Å². The van der Waals surface area contributed by atoms with Gasteiger partial charge in [-0.2, -0.15) is 0 Å². The van der Waals surface area contributed by atoms with Gasteiger partial charge < -0.3 is 5.32 Å². The first-order chi connectivity index (χ1) is 15.2. The molecule has 0 atom stereocenters. The first-order valence-corrected chi connectivity index (χ1v) is 12.0. The van der Waals surface area contributed by atoms with Crippen molar-refractivity contribution in [1.29, 1.82) is 0 Å². The number of anilines is 1. The summed E-state index contributed by atoms with van der Waals surface area (Å²) in [7, 11) is 0. The Bertz CT molecular complexity index is 1120. The number of hydrogen-bond donors (Lipinski definition) is 1. The first kappa shape index (κ1) is 24.8. The molecule has 1 heterocycles. The number of carbonyl (C=O) groups excluding carboxylic acids is 2. The summed E-state index contributed by atoms with van der Waals surface area (Å²) in [5.41, 5.74) is 2.40. The van der Waals surface area contributed by atoms with Crippen LogP contribution in [-0.2, 0) is 9.59 Å². The van der Waals surface area contributed by atoms with E-state index in [1.165, 1.54) is 28.8 Å². The number of nitrogens with zero attached hydrogens (tertiary/aromatic N) is 1. The molecule has 0 aromatic heterocycles. The molecular weight excluding hydrogens is 507 g/mol. The molecule has 0 aliphatic carbocycles. The lowest BCUT2D eigenvalue weighted by atomic mass is 10.1. The molecule has 1 aliphatic heterocycles. The van der Waals surface area contributed by atoms with E-state index in [4.69, 9.17) is 47.0 Å². The lowest BCUT2D eigenvalue weighted by Gasteiger charge is -2.14. The van der Waals surface area contributed by atoms with Crippen LogP contribution in [0.4, 0.5) is 5.69 Å². The number of carbonyl (C=O) groups is 2. The summed E-state index contributed by atoms with van der Waals surface area (Å²) in [6.45, 7) is 2.30. The molecule has 0 unspecified atom stereocenters. The molecule has 2 amide bonds. The van der Waals surface area contributed by atoms with E-state index in [9.17, 15) is 9.59 Å². The topological polar surface area (TPSA) is 49.4 Å². The largest absolute Gasteiger partial charge is 0.325 e. The highest BCUT2D eigenvalue weighted by molar-refractivity contribution is 8.26. The van der Waals surface area contributed by atoms with Crippen LogP contribution in [0.25, 0.3) is 6.08 Å². The van der Waals surface area contributed by atoms with Crippen LogP contribution in [0.5, 0.6) is 0 Å². The molecule has 4 nitrogen and oxygen atoms in total. The second kappa shape index (κ2) is 11.3. The Morgan fingerprint density at radius 3 is 2.53 bits per heavy atom. The van der Waals surface area contributed by atoms with Gasteiger partial charge in [0, 0.05) is 13.0 Å². The number of benzene rings is 2. The Kier molecular flexibility index (Phi) is 8.79. The lowest BCUT2D eigenvalue weighted by molar-refractivity contribution is -0.122. The number of thioether (sulfide) groups is 1. The van der Waals surface area contributed by atoms with Gasteiger partial charge in [0.2, 0.25) is 5.91 Å². The molecule has 0 saturated carbocycles. The molecule has 2 aromatic carbocycles. The Balaban J connectivity index is 1.55. The van der Waals surface area contributed by atoms with E-state index in [1.54, 1.807) is 0 Å². The van der Waals surface area contributed by atoms with E-state index in [0.717, 1.165) is 11.1 Å². The standard InChI is InChI=1S/C23H19Cl3N2O2S2/c1-14(10-15-6-3-2-4-7-15)11-20-22(30)28(23(31)32-20)9-5-8-21(29)27-19-13-17(25)16(24)12-18(19)26/h2-4,6-7,10-13H,5,8-9H2,1H3,(H,27,29)/b14-10+,20-11-. The summed E-state index contributed by atoms with van der Waals surface area (Å²) >= 11 is 24.6. The van der Waals surface area contributed by atoms with Crippen molar-refractivity contribution in [3.63, 3.8) is 0 Å². The van der Waals surface area contributed by atoms with Crippen molar-refractivity contribution in [2.45, 2.75) is 19.8 Å². The van der Waals surface area contributed by atoms with Crippen LogP contribution in [0.3, 0.4) is 0 Å². The van der Waals surface area contributed by atoms with Crippen molar-refractivity contribution < 1.29 is 9.59 Å². The van der Waals surface area contributed by atoms with Crippen molar-refractivity contribution in [2.24, 2.45) is 0 Å². The highest BCUT2D eigenvalue weighted by atomic mass is 35.5. The van der Waals surface area contributed by atoms with Crippen molar-refractivity contribution in [3.05, 3.63) is 79.7 Å². The Morgan fingerprint density at radius 1 is 1.12 bits per heavy atom. The van der Waals surface area contributed by atoms with Crippen molar-refractivity contribution in [3.8, 4) is 0 Å². The maximum atomic E-state index is 12.8. The van der Waals surface area contributed by atoms with Gasteiger partial charge in [0.1, 0.15) is 4.32 Å². The van der Waals surface area contributed by atoms with Gasteiger partial charge in [-0.3, -0.25) is 14.5 Å². The summed E-state index contributed by atoms with van der Waals surface area (Å²) in [6, 6.07) is 12.9. The zero-order valence-corrected chi connectivity index (χ0v) is 20.9. The van der Waals surface area contributed by atoms with Gasteiger partial charge in [-0.1, -0.05) is 95.2 Å². The third kappa shape index (κ3) is 6.59. The van der Waals surface area contributed by atoms with Crippen LogP contribution in [-0.4, -0.2) is 27.6 Å². The SMILES string of the molecule is CC(/C=C1\SC(=S)N(CCCC(=O)Nc2cc(Cl)c(Cl)cc2Cl)C1=O)=C\c1ccccc1. The number of thiocarbonyl (C=S) groups is 1. The Labute approximate surface area is 211 Å². The smallest absolute Gasteiger partial charge is 0.266 e. The van der Waals surface area contributed by atoms with E-state index < -0.39 is 0 Å². The number of allylic oxidation sites excluding steroid dienone is 2. The molecule has 1 saturated heterocycles. The lowest BCUT2D eigenvalue weighted by Crippen LogP contribution is -2.29. The number of nitrogens with one attached hydrogen (secondary N) is 1.